The number of amides is 1. The van der Waals surface area contributed by atoms with E-state index in [1.165, 1.54) is 10.9 Å². The van der Waals surface area contributed by atoms with Crippen LogP contribution in [0, 0.1) is 0 Å². The largest absolute Gasteiger partial charge is 0.376 e. The summed E-state index contributed by atoms with van der Waals surface area (Å²) in [5, 5.41) is 2.79. The van der Waals surface area contributed by atoms with Crippen molar-refractivity contribution < 1.29 is 9.53 Å². The number of carbonyl (C=O) groups is 1. The van der Waals surface area contributed by atoms with Crippen molar-refractivity contribution >= 4 is 6.03 Å². The molecule has 5 heteroatoms. The smallest absolute Gasteiger partial charge is 0.326 e. The van der Waals surface area contributed by atoms with Gasteiger partial charge < -0.3 is 10.1 Å². The molecule has 5 nitrogen and oxygen atoms in total. The third-order valence-electron chi connectivity index (χ3n) is 2.24. The Balaban J connectivity index is 1.78. The van der Waals surface area contributed by atoms with Gasteiger partial charge in [0, 0.05) is 25.5 Å². The maximum atomic E-state index is 11.4. The van der Waals surface area contributed by atoms with Gasteiger partial charge in [-0.15, -0.1) is 0 Å². The fourth-order valence-corrected chi connectivity index (χ4v) is 1.48. The van der Waals surface area contributed by atoms with Crippen LogP contribution in [0.25, 0.3) is 0 Å². The van der Waals surface area contributed by atoms with Gasteiger partial charge in [0.25, 0.3) is 0 Å². The second-order valence-electron chi connectivity index (χ2n) is 3.29. The van der Waals surface area contributed by atoms with Crippen molar-refractivity contribution in [1.82, 2.24) is 14.9 Å². The van der Waals surface area contributed by atoms with E-state index >= 15 is 0 Å². The fraction of sp³-hybridized carbons (Fsp3) is 0.556. The Morgan fingerprint density at radius 1 is 1.71 bits per heavy atom. The van der Waals surface area contributed by atoms with Crippen molar-refractivity contribution in [1.29, 1.82) is 0 Å². The Morgan fingerprint density at radius 2 is 2.64 bits per heavy atom. The van der Waals surface area contributed by atoms with E-state index in [2.05, 4.69) is 10.3 Å². The first-order valence-corrected chi connectivity index (χ1v) is 4.74. The van der Waals surface area contributed by atoms with E-state index in [9.17, 15) is 4.79 Å². The van der Waals surface area contributed by atoms with Crippen molar-refractivity contribution in [2.24, 2.45) is 0 Å². The number of hydrogen-bond acceptors (Lipinski definition) is 3. The summed E-state index contributed by atoms with van der Waals surface area (Å²) in [5.41, 5.74) is 0. The van der Waals surface area contributed by atoms with E-state index in [0.29, 0.717) is 6.54 Å². The molecule has 0 radical (unpaired) electrons. The average Bonchev–Trinajstić information content (AvgIpc) is 2.87. The number of nitrogens with one attached hydrogen (secondary N) is 1. The van der Waals surface area contributed by atoms with Crippen molar-refractivity contribution in [3.63, 3.8) is 0 Å². The molecule has 1 aromatic heterocycles. The van der Waals surface area contributed by atoms with Gasteiger partial charge in [0.15, 0.2) is 0 Å². The van der Waals surface area contributed by atoms with E-state index < -0.39 is 0 Å². The molecule has 0 saturated carbocycles. The lowest BCUT2D eigenvalue weighted by molar-refractivity contribution is 0.111. The lowest BCUT2D eigenvalue weighted by atomic mass is 10.2. The van der Waals surface area contributed by atoms with Crippen LogP contribution in [0.1, 0.15) is 12.8 Å². The molecule has 0 bridgehead atoms. The predicted octanol–water partition coefficient (Wildman–Crippen LogP) is 0.620. The molecule has 1 saturated heterocycles. The van der Waals surface area contributed by atoms with Crippen LogP contribution < -0.4 is 5.32 Å². The predicted molar refractivity (Wildman–Crippen MR) is 50.0 cm³/mol. The summed E-state index contributed by atoms with van der Waals surface area (Å²) in [6.45, 7) is 1.39. The van der Waals surface area contributed by atoms with Gasteiger partial charge in [-0.1, -0.05) is 0 Å². The molecule has 76 valence electrons. The van der Waals surface area contributed by atoms with Crippen molar-refractivity contribution in [3.05, 3.63) is 18.7 Å². The van der Waals surface area contributed by atoms with Crippen LogP contribution in [0.4, 0.5) is 4.79 Å². The summed E-state index contributed by atoms with van der Waals surface area (Å²) in [5.74, 6) is 0. The molecule has 0 unspecified atom stereocenters. The number of imidazole rings is 1. The monoisotopic (exact) mass is 195 g/mol. The topological polar surface area (TPSA) is 56.1 Å². The first kappa shape index (κ1) is 9.21. The van der Waals surface area contributed by atoms with Gasteiger partial charge in [0.2, 0.25) is 0 Å². The Labute approximate surface area is 82.1 Å². The van der Waals surface area contributed by atoms with Crippen LogP contribution in [-0.2, 0) is 4.74 Å². The summed E-state index contributed by atoms with van der Waals surface area (Å²) >= 11 is 0. The van der Waals surface area contributed by atoms with Crippen LogP contribution in [0.3, 0.4) is 0 Å². The number of rotatable bonds is 2. The molecule has 14 heavy (non-hydrogen) atoms. The third kappa shape index (κ3) is 2.11. The zero-order valence-corrected chi connectivity index (χ0v) is 7.85. The van der Waals surface area contributed by atoms with E-state index in [-0.39, 0.29) is 12.1 Å². The van der Waals surface area contributed by atoms with E-state index in [1.807, 2.05) is 0 Å². The van der Waals surface area contributed by atoms with Gasteiger partial charge in [-0.3, -0.25) is 4.57 Å². The van der Waals surface area contributed by atoms with E-state index in [4.69, 9.17) is 4.74 Å². The van der Waals surface area contributed by atoms with E-state index in [1.54, 1.807) is 12.4 Å². The standard InChI is InChI=1S/C9H13N3O2/c13-9(12-4-3-10-7-12)11-6-8-2-1-5-14-8/h3-4,7-8H,1-2,5-6H2,(H,11,13)/t8-/m1/s1. The third-order valence-corrected chi connectivity index (χ3v) is 2.24. The molecule has 1 amide bonds. The molecule has 1 aliphatic rings. The molecule has 2 rings (SSSR count). The maximum absolute atomic E-state index is 11.4. The zero-order valence-electron chi connectivity index (χ0n) is 7.85. The normalized spacial score (nSPS) is 21.0. The number of aromatic nitrogens is 2. The molecule has 0 spiro atoms. The van der Waals surface area contributed by atoms with Gasteiger partial charge in [0.1, 0.15) is 6.33 Å². The second kappa shape index (κ2) is 4.23. The number of carbonyl (C=O) groups excluding carboxylic acids is 1. The summed E-state index contributed by atoms with van der Waals surface area (Å²) in [6.07, 6.45) is 6.97. The molecule has 1 fully saturated rings. The minimum absolute atomic E-state index is 0.155. The molecular formula is C9H13N3O2. The lowest BCUT2D eigenvalue weighted by Crippen LogP contribution is -2.34. The molecule has 2 heterocycles. The molecule has 1 atom stereocenters. The van der Waals surface area contributed by atoms with E-state index in [0.717, 1.165) is 19.4 Å². The number of hydrogen-bond donors (Lipinski definition) is 1. The summed E-state index contributed by atoms with van der Waals surface area (Å²) in [4.78, 5) is 15.2. The Morgan fingerprint density at radius 3 is 3.29 bits per heavy atom. The van der Waals surface area contributed by atoms with Gasteiger partial charge >= 0.3 is 6.03 Å². The molecular weight excluding hydrogens is 182 g/mol. The first-order valence-electron chi connectivity index (χ1n) is 4.74. The summed E-state index contributed by atoms with van der Waals surface area (Å²) in [6, 6.07) is -0.155. The quantitative estimate of drug-likeness (QED) is 0.752. The van der Waals surface area contributed by atoms with Crippen LogP contribution in [0.15, 0.2) is 18.7 Å². The minimum atomic E-state index is -0.155. The van der Waals surface area contributed by atoms with Crippen molar-refractivity contribution in [3.8, 4) is 0 Å². The van der Waals surface area contributed by atoms with Crippen LogP contribution in [0.2, 0.25) is 0 Å². The van der Waals surface area contributed by atoms with Crippen molar-refractivity contribution in [2.45, 2.75) is 18.9 Å². The van der Waals surface area contributed by atoms with Gasteiger partial charge in [-0.2, -0.15) is 0 Å². The Bertz CT molecular complexity index is 291. The maximum Gasteiger partial charge on any atom is 0.326 e. The first-order chi connectivity index (χ1) is 6.86. The molecule has 0 aliphatic carbocycles. The fourth-order valence-electron chi connectivity index (χ4n) is 1.48. The summed E-state index contributed by atoms with van der Waals surface area (Å²) < 4.78 is 6.79. The SMILES string of the molecule is O=C(NC[C@H]1CCCO1)n1ccnc1. The highest BCUT2D eigenvalue weighted by Gasteiger charge is 2.16. The van der Waals surface area contributed by atoms with Crippen LogP contribution in [0.5, 0.6) is 0 Å². The van der Waals surface area contributed by atoms with Crippen molar-refractivity contribution in [2.75, 3.05) is 13.2 Å². The molecule has 1 aliphatic heterocycles. The average molecular weight is 195 g/mol. The minimum Gasteiger partial charge on any atom is -0.376 e. The van der Waals surface area contributed by atoms with Gasteiger partial charge in [-0.05, 0) is 12.8 Å². The molecule has 1 N–H and O–H groups in total. The number of ether oxygens (including phenoxy) is 1. The zero-order chi connectivity index (χ0) is 9.80. The van der Waals surface area contributed by atoms with Crippen LogP contribution in [-0.4, -0.2) is 34.8 Å². The number of nitrogens with zero attached hydrogens (tertiary/aromatic N) is 2. The Hall–Kier alpha value is -1.36. The van der Waals surface area contributed by atoms with Crippen LogP contribution >= 0.6 is 0 Å². The highest BCUT2D eigenvalue weighted by Crippen LogP contribution is 2.10. The Kier molecular flexibility index (Phi) is 2.78. The van der Waals surface area contributed by atoms with Gasteiger partial charge in [-0.25, -0.2) is 9.78 Å². The summed E-state index contributed by atoms with van der Waals surface area (Å²) in [7, 11) is 0. The van der Waals surface area contributed by atoms with Gasteiger partial charge in [0.05, 0.1) is 6.10 Å². The second-order valence-corrected chi connectivity index (χ2v) is 3.29. The molecule has 1 aromatic rings. The lowest BCUT2D eigenvalue weighted by Gasteiger charge is -2.10. The highest BCUT2D eigenvalue weighted by atomic mass is 16.5. The molecule has 0 aromatic carbocycles. The highest BCUT2D eigenvalue weighted by molar-refractivity contribution is 5.76.